The summed E-state index contributed by atoms with van der Waals surface area (Å²) in [6.45, 7) is 4.25. The summed E-state index contributed by atoms with van der Waals surface area (Å²) in [6, 6.07) is 9.62. The van der Waals surface area contributed by atoms with Crippen LogP contribution in [-0.4, -0.2) is 30.8 Å². The van der Waals surface area contributed by atoms with Crippen molar-refractivity contribution in [2.24, 2.45) is 0 Å². The minimum absolute atomic E-state index is 0.0446. The molecule has 0 saturated heterocycles. The third-order valence-electron chi connectivity index (χ3n) is 2.84. The number of methoxy groups -OCH3 is 1. The number of urea groups is 1. The van der Waals surface area contributed by atoms with E-state index in [1.165, 1.54) is 11.3 Å². The Kier molecular flexibility index (Phi) is 5.30. The Labute approximate surface area is 128 Å². The average molecular weight is 305 g/mol. The van der Waals surface area contributed by atoms with Gasteiger partial charge in [0.25, 0.3) is 0 Å². The molecule has 0 bridgehead atoms. The molecule has 1 atom stereocenters. The smallest absolute Gasteiger partial charge is 0.320 e. The van der Waals surface area contributed by atoms with Crippen LogP contribution in [0.4, 0.5) is 9.80 Å². The highest BCUT2D eigenvalue weighted by Crippen LogP contribution is 2.31. The maximum absolute atomic E-state index is 11.9. The van der Waals surface area contributed by atoms with Crippen molar-refractivity contribution in [1.82, 2.24) is 10.3 Å². The monoisotopic (exact) mass is 305 g/mol. The molecular weight excluding hydrogens is 286 g/mol. The minimum Gasteiger partial charge on any atom is -0.383 e. The Morgan fingerprint density at radius 2 is 2.10 bits per heavy atom. The topological polar surface area (TPSA) is 63.2 Å². The average Bonchev–Trinajstić information content (AvgIpc) is 2.81. The zero-order valence-corrected chi connectivity index (χ0v) is 13.2. The highest BCUT2D eigenvalue weighted by molar-refractivity contribution is 7.19. The number of nitrogens with one attached hydrogen (secondary N) is 2. The molecular formula is C15H19N3O2S. The molecule has 2 rings (SSSR count). The first-order valence-corrected chi connectivity index (χ1v) is 7.51. The summed E-state index contributed by atoms with van der Waals surface area (Å²) >= 11 is 1.47. The summed E-state index contributed by atoms with van der Waals surface area (Å²) in [4.78, 5) is 16.4. The third kappa shape index (κ3) is 4.27. The van der Waals surface area contributed by atoms with E-state index >= 15 is 0 Å². The van der Waals surface area contributed by atoms with Gasteiger partial charge in [-0.3, -0.25) is 5.32 Å². The molecule has 0 unspecified atom stereocenters. The molecule has 5 nitrogen and oxygen atoms in total. The normalized spacial score (nSPS) is 12.0. The number of carbonyl (C=O) groups is 1. The first-order valence-electron chi connectivity index (χ1n) is 6.69. The van der Waals surface area contributed by atoms with Crippen LogP contribution in [0.1, 0.15) is 12.6 Å². The molecule has 112 valence electrons. The summed E-state index contributed by atoms with van der Waals surface area (Å²) in [5, 5.41) is 7.31. The lowest BCUT2D eigenvalue weighted by Gasteiger charge is -2.12. The molecule has 1 aromatic carbocycles. The van der Waals surface area contributed by atoms with Crippen LogP contribution in [-0.2, 0) is 4.74 Å². The van der Waals surface area contributed by atoms with Gasteiger partial charge in [-0.25, -0.2) is 9.78 Å². The van der Waals surface area contributed by atoms with Crippen LogP contribution >= 0.6 is 11.3 Å². The van der Waals surface area contributed by atoms with Crippen LogP contribution in [0.25, 0.3) is 10.6 Å². The Morgan fingerprint density at radius 3 is 2.76 bits per heavy atom. The fraction of sp³-hybridized carbons (Fsp3) is 0.333. The van der Waals surface area contributed by atoms with Crippen LogP contribution in [0.3, 0.4) is 0 Å². The second-order valence-electron chi connectivity index (χ2n) is 4.75. The lowest BCUT2D eigenvalue weighted by Crippen LogP contribution is -2.38. The van der Waals surface area contributed by atoms with E-state index in [0.29, 0.717) is 6.61 Å². The first kappa shape index (κ1) is 15.5. The zero-order chi connectivity index (χ0) is 15.2. The van der Waals surface area contributed by atoms with Crippen molar-refractivity contribution in [2.45, 2.75) is 19.9 Å². The van der Waals surface area contributed by atoms with Crippen LogP contribution in [0, 0.1) is 6.92 Å². The van der Waals surface area contributed by atoms with Crippen molar-refractivity contribution in [1.29, 1.82) is 0 Å². The molecule has 6 heteroatoms. The second kappa shape index (κ2) is 7.19. The predicted molar refractivity (Wildman–Crippen MR) is 85.8 cm³/mol. The molecule has 1 aromatic heterocycles. The van der Waals surface area contributed by atoms with Gasteiger partial charge in [-0.15, -0.1) is 0 Å². The molecule has 1 heterocycles. The number of aryl methyl sites for hydroxylation is 1. The molecule has 0 fully saturated rings. The molecule has 0 spiro atoms. The van der Waals surface area contributed by atoms with Crippen LogP contribution in [0.5, 0.6) is 0 Å². The number of ether oxygens (including phenoxy) is 1. The minimum atomic E-state index is -0.245. The summed E-state index contributed by atoms with van der Waals surface area (Å²) in [6.07, 6.45) is 0. The number of rotatable bonds is 5. The number of benzene rings is 1. The van der Waals surface area contributed by atoms with Crippen molar-refractivity contribution in [3.63, 3.8) is 0 Å². The number of hydrogen-bond donors (Lipinski definition) is 2. The van der Waals surface area contributed by atoms with E-state index in [1.54, 1.807) is 7.11 Å². The fourth-order valence-electron chi connectivity index (χ4n) is 1.87. The van der Waals surface area contributed by atoms with E-state index in [1.807, 2.05) is 44.2 Å². The van der Waals surface area contributed by atoms with Crippen molar-refractivity contribution in [3.05, 3.63) is 36.0 Å². The van der Waals surface area contributed by atoms with E-state index in [9.17, 15) is 4.79 Å². The number of aromatic nitrogens is 1. The van der Waals surface area contributed by atoms with Gasteiger partial charge in [0, 0.05) is 12.7 Å². The molecule has 2 aromatic rings. The van der Waals surface area contributed by atoms with Gasteiger partial charge in [0.2, 0.25) is 0 Å². The van der Waals surface area contributed by atoms with Crippen LogP contribution < -0.4 is 10.6 Å². The standard InChI is InChI=1S/C15H19N3O2S/c1-10(9-20-3)16-15(19)18-13-11(2)17-14(21-13)12-7-5-4-6-8-12/h4-8,10H,9H2,1-3H3,(H2,16,18,19)/t10-/m0/s1. The molecule has 0 aliphatic rings. The number of nitrogens with zero attached hydrogens (tertiary/aromatic N) is 1. The van der Waals surface area contributed by atoms with Gasteiger partial charge < -0.3 is 10.1 Å². The van der Waals surface area contributed by atoms with Gasteiger partial charge >= 0.3 is 6.03 Å². The molecule has 2 amide bonds. The predicted octanol–water partition coefficient (Wildman–Crippen LogP) is 3.27. The maximum Gasteiger partial charge on any atom is 0.320 e. The van der Waals surface area contributed by atoms with Crippen molar-refractivity contribution in [2.75, 3.05) is 19.0 Å². The summed E-state index contributed by atoms with van der Waals surface area (Å²) in [5.41, 5.74) is 1.86. The van der Waals surface area contributed by atoms with Gasteiger partial charge in [-0.1, -0.05) is 41.7 Å². The quantitative estimate of drug-likeness (QED) is 0.891. The number of amides is 2. The number of hydrogen-bond acceptors (Lipinski definition) is 4. The van der Waals surface area contributed by atoms with Crippen molar-refractivity contribution in [3.8, 4) is 10.6 Å². The van der Waals surface area contributed by atoms with E-state index in [2.05, 4.69) is 15.6 Å². The van der Waals surface area contributed by atoms with Crippen LogP contribution in [0.15, 0.2) is 30.3 Å². The van der Waals surface area contributed by atoms with Gasteiger partial charge in [0.05, 0.1) is 18.3 Å². The van der Waals surface area contributed by atoms with Gasteiger partial charge in [-0.05, 0) is 13.8 Å². The summed E-state index contributed by atoms with van der Waals surface area (Å²) < 4.78 is 4.99. The van der Waals surface area contributed by atoms with E-state index in [0.717, 1.165) is 21.3 Å². The fourth-order valence-corrected chi connectivity index (χ4v) is 2.84. The molecule has 0 aliphatic carbocycles. The Bertz CT molecular complexity index is 598. The molecule has 0 aliphatic heterocycles. The molecule has 0 radical (unpaired) electrons. The second-order valence-corrected chi connectivity index (χ2v) is 5.75. The van der Waals surface area contributed by atoms with Crippen LogP contribution in [0.2, 0.25) is 0 Å². The lowest BCUT2D eigenvalue weighted by atomic mass is 10.2. The van der Waals surface area contributed by atoms with Gasteiger partial charge in [0.15, 0.2) is 0 Å². The Morgan fingerprint density at radius 1 is 1.38 bits per heavy atom. The molecule has 0 saturated carbocycles. The lowest BCUT2D eigenvalue weighted by molar-refractivity contribution is 0.173. The van der Waals surface area contributed by atoms with E-state index in [-0.39, 0.29) is 12.1 Å². The highest BCUT2D eigenvalue weighted by atomic mass is 32.1. The molecule has 21 heavy (non-hydrogen) atoms. The van der Waals surface area contributed by atoms with Crippen molar-refractivity contribution >= 4 is 22.4 Å². The van der Waals surface area contributed by atoms with E-state index in [4.69, 9.17) is 4.74 Å². The molecule has 2 N–H and O–H groups in total. The number of thiazole rings is 1. The third-order valence-corrected chi connectivity index (χ3v) is 3.96. The largest absolute Gasteiger partial charge is 0.383 e. The number of carbonyl (C=O) groups excluding carboxylic acids is 1. The SMILES string of the molecule is COC[C@H](C)NC(=O)Nc1sc(-c2ccccc2)nc1C. The first-order chi connectivity index (χ1) is 10.1. The maximum atomic E-state index is 11.9. The highest BCUT2D eigenvalue weighted by Gasteiger charge is 2.13. The number of anilines is 1. The summed E-state index contributed by atoms with van der Waals surface area (Å²) in [5.74, 6) is 0. The Balaban J connectivity index is 2.05. The van der Waals surface area contributed by atoms with Gasteiger partial charge in [0.1, 0.15) is 10.0 Å². The Hall–Kier alpha value is -1.92. The van der Waals surface area contributed by atoms with Crippen molar-refractivity contribution < 1.29 is 9.53 Å². The van der Waals surface area contributed by atoms with E-state index < -0.39 is 0 Å². The summed E-state index contributed by atoms with van der Waals surface area (Å²) in [7, 11) is 1.61. The van der Waals surface area contributed by atoms with Gasteiger partial charge in [-0.2, -0.15) is 0 Å². The zero-order valence-electron chi connectivity index (χ0n) is 12.3.